The van der Waals surface area contributed by atoms with Crippen molar-refractivity contribution >= 4 is 27.4 Å². The van der Waals surface area contributed by atoms with Crippen LogP contribution in [0.2, 0.25) is 0 Å². The molecule has 0 amide bonds. The molecule has 2 aromatic rings. The van der Waals surface area contributed by atoms with Crippen molar-refractivity contribution in [1.29, 1.82) is 0 Å². The maximum atomic E-state index is 11.2. The highest BCUT2D eigenvalue weighted by atomic mass is 79.9. The molecular weight excluding hydrogens is 354 g/mol. The fraction of sp³-hybridized carbons (Fsp3) is 0.308. The lowest BCUT2D eigenvalue weighted by atomic mass is 10.3. The second kappa shape index (κ2) is 7.12. The van der Waals surface area contributed by atoms with Gasteiger partial charge in [0.1, 0.15) is 5.69 Å². The molecule has 0 aromatic carbocycles. The van der Waals surface area contributed by atoms with Crippen molar-refractivity contribution in [1.82, 2.24) is 15.0 Å². The van der Waals surface area contributed by atoms with E-state index in [0.717, 1.165) is 10.2 Å². The first-order valence-corrected chi connectivity index (χ1v) is 7.30. The first-order chi connectivity index (χ1) is 10.5. The van der Waals surface area contributed by atoms with Crippen LogP contribution in [0, 0.1) is 17.0 Å². The number of halogens is 1. The molecule has 0 bridgehead atoms. The summed E-state index contributed by atoms with van der Waals surface area (Å²) in [7, 11) is 0. The van der Waals surface area contributed by atoms with Crippen molar-refractivity contribution in [3.63, 3.8) is 0 Å². The molecule has 0 saturated heterocycles. The molecule has 1 N–H and O–H groups in total. The summed E-state index contributed by atoms with van der Waals surface area (Å²) < 4.78 is 6.08. The molecule has 2 aromatic heterocycles. The number of hydrogen-bond donors (Lipinski definition) is 1. The van der Waals surface area contributed by atoms with E-state index in [-0.39, 0.29) is 23.2 Å². The molecule has 0 saturated carbocycles. The number of rotatable bonds is 6. The van der Waals surface area contributed by atoms with Crippen LogP contribution in [0.1, 0.15) is 18.3 Å². The fourth-order valence-corrected chi connectivity index (χ4v) is 2.00. The van der Waals surface area contributed by atoms with Crippen LogP contribution in [0.4, 0.5) is 11.5 Å². The second-order valence-corrected chi connectivity index (χ2v) is 5.22. The minimum atomic E-state index is -0.512. The molecule has 2 rings (SSSR count). The number of anilines is 1. The Morgan fingerprint density at radius 3 is 2.77 bits per heavy atom. The number of nitro groups is 1. The van der Waals surface area contributed by atoms with Crippen LogP contribution in [0.25, 0.3) is 0 Å². The van der Waals surface area contributed by atoms with Crippen molar-refractivity contribution in [2.45, 2.75) is 20.4 Å². The van der Waals surface area contributed by atoms with E-state index in [0.29, 0.717) is 13.2 Å². The van der Waals surface area contributed by atoms with Crippen molar-refractivity contribution in [2.24, 2.45) is 0 Å². The molecule has 0 aliphatic rings. The summed E-state index contributed by atoms with van der Waals surface area (Å²) in [6.07, 6.45) is 1.66. The molecular formula is C13H14BrN5O3. The first kappa shape index (κ1) is 16.1. The number of hydrogen-bond acceptors (Lipinski definition) is 7. The standard InChI is InChI=1S/C13H14BrN5O3/c1-3-22-13-17-8(2)11(19(20)21)12(18-13)16-7-10-5-4-9(14)6-15-10/h4-6H,3,7H2,1-2H3,(H,16,17,18). The Morgan fingerprint density at radius 2 is 2.18 bits per heavy atom. The molecule has 0 unspecified atom stereocenters. The summed E-state index contributed by atoms with van der Waals surface area (Å²) in [5.41, 5.74) is 0.807. The number of pyridine rings is 1. The smallest absolute Gasteiger partial charge is 0.332 e. The Kier molecular flexibility index (Phi) is 5.21. The van der Waals surface area contributed by atoms with E-state index < -0.39 is 4.92 Å². The van der Waals surface area contributed by atoms with Gasteiger partial charge >= 0.3 is 11.7 Å². The van der Waals surface area contributed by atoms with Crippen LogP contribution in [0.5, 0.6) is 6.01 Å². The topological polar surface area (TPSA) is 103 Å². The van der Waals surface area contributed by atoms with Crippen LogP contribution in [0.3, 0.4) is 0 Å². The maximum absolute atomic E-state index is 11.2. The van der Waals surface area contributed by atoms with Gasteiger partial charge < -0.3 is 10.1 Å². The van der Waals surface area contributed by atoms with Gasteiger partial charge in [0, 0.05) is 10.7 Å². The quantitative estimate of drug-likeness (QED) is 0.618. The highest BCUT2D eigenvalue weighted by molar-refractivity contribution is 9.10. The predicted octanol–water partition coefficient (Wildman–Crippen LogP) is 2.86. The van der Waals surface area contributed by atoms with Gasteiger partial charge in [-0.1, -0.05) is 0 Å². The number of aryl methyl sites for hydroxylation is 1. The number of ether oxygens (including phenoxy) is 1. The Bertz CT molecular complexity index is 678. The van der Waals surface area contributed by atoms with E-state index in [2.05, 4.69) is 36.2 Å². The number of nitrogens with zero attached hydrogens (tertiary/aromatic N) is 4. The van der Waals surface area contributed by atoms with Gasteiger partial charge in [0.2, 0.25) is 5.82 Å². The van der Waals surface area contributed by atoms with Gasteiger partial charge in [-0.05, 0) is 41.9 Å². The van der Waals surface area contributed by atoms with Crippen molar-refractivity contribution in [3.05, 3.63) is 44.3 Å². The third-order valence-electron chi connectivity index (χ3n) is 2.72. The van der Waals surface area contributed by atoms with E-state index in [1.165, 1.54) is 0 Å². The van der Waals surface area contributed by atoms with E-state index >= 15 is 0 Å². The molecule has 22 heavy (non-hydrogen) atoms. The molecule has 0 radical (unpaired) electrons. The Hall–Kier alpha value is -2.29. The van der Waals surface area contributed by atoms with Crippen molar-refractivity contribution < 1.29 is 9.66 Å². The van der Waals surface area contributed by atoms with Gasteiger partial charge in [-0.2, -0.15) is 9.97 Å². The minimum Gasteiger partial charge on any atom is -0.464 e. The van der Waals surface area contributed by atoms with Crippen LogP contribution in [-0.4, -0.2) is 26.5 Å². The van der Waals surface area contributed by atoms with E-state index in [4.69, 9.17) is 4.74 Å². The zero-order chi connectivity index (χ0) is 16.1. The van der Waals surface area contributed by atoms with Gasteiger partial charge in [0.05, 0.1) is 23.8 Å². The lowest BCUT2D eigenvalue weighted by Crippen LogP contribution is -2.10. The summed E-state index contributed by atoms with van der Waals surface area (Å²) in [5.74, 6) is 0.116. The minimum absolute atomic E-state index is 0.108. The molecule has 0 atom stereocenters. The van der Waals surface area contributed by atoms with Gasteiger partial charge in [-0.25, -0.2) is 0 Å². The number of nitrogens with one attached hydrogen (secondary N) is 1. The molecule has 0 fully saturated rings. The second-order valence-electron chi connectivity index (χ2n) is 4.30. The van der Waals surface area contributed by atoms with Crippen LogP contribution in [-0.2, 0) is 6.54 Å². The third-order valence-corrected chi connectivity index (χ3v) is 3.19. The molecule has 0 aliphatic carbocycles. The summed E-state index contributed by atoms with van der Waals surface area (Å²) in [5, 5.41) is 14.1. The molecule has 116 valence electrons. The number of aromatic nitrogens is 3. The van der Waals surface area contributed by atoms with Gasteiger partial charge in [0.15, 0.2) is 0 Å². The van der Waals surface area contributed by atoms with Crippen molar-refractivity contribution in [3.8, 4) is 6.01 Å². The van der Waals surface area contributed by atoms with E-state index in [9.17, 15) is 10.1 Å². The summed E-state index contributed by atoms with van der Waals surface area (Å²) in [4.78, 5) is 22.9. The molecule has 0 spiro atoms. The zero-order valence-corrected chi connectivity index (χ0v) is 13.6. The van der Waals surface area contributed by atoms with Crippen LogP contribution < -0.4 is 10.1 Å². The highest BCUT2D eigenvalue weighted by Gasteiger charge is 2.22. The SMILES string of the molecule is CCOc1nc(C)c([N+](=O)[O-])c(NCc2ccc(Br)cn2)n1. The van der Waals surface area contributed by atoms with Gasteiger partial charge in [0.25, 0.3) is 0 Å². The maximum Gasteiger partial charge on any atom is 0.332 e. The van der Waals surface area contributed by atoms with Gasteiger partial charge in [-0.15, -0.1) is 0 Å². The molecule has 8 nitrogen and oxygen atoms in total. The molecule has 0 aliphatic heterocycles. The average Bonchev–Trinajstić information content (AvgIpc) is 2.46. The largest absolute Gasteiger partial charge is 0.464 e. The Labute approximate surface area is 135 Å². The third kappa shape index (κ3) is 3.88. The summed E-state index contributed by atoms with van der Waals surface area (Å²) >= 11 is 3.30. The lowest BCUT2D eigenvalue weighted by Gasteiger charge is -2.09. The normalized spacial score (nSPS) is 10.3. The average molecular weight is 368 g/mol. The molecule has 9 heteroatoms. The van der Waals surface area contributed by atoms with E-state index in [1.54, 1.807) is 26.1 Å². The summed E-state index contributed by atoms with van der Waals surface area (Å²) in [6, 6.07) is 3.76. The van der Waals surface area contributed by atoms with Gasteiger partial charge in [-0.3, -0.25) is 15.1 Å². The van der Waals surface area contributed by atoms with Crippen LogP contribution in [0.15, 0.2) is 22.8 Å². The molecule has 2 heterocycles. The Morgan fingerprint density at radius 1 is 1.41 bits per heavy atom. The fourth-order valence-electron chi connectivity index (χ4n) is 1.76. The zero-order valence-electron chi connectivity index (χ0n) is 12.0. The predicted molar refractivity (Wildman–Crippen MR) is 83.9 cm³/mol. The van der Waals surface area contributed by atoms with E-state index in [1.807, 2.05) is 6.07 Å². The monoisotopic (exact) mass is 367 g/mol. The Balaban J connectivity index is 2.27. The van der Waals surface area contributed by atoms with Crippen LogP contribution >= 0.6 is 15.9 Å². The van der Waals surface area contributed by atoms with Crippen molar-refractivity contribution in [2.75, 3.05) is 11.9 Å². The lowest BCUT2D eigenvalue weighted by molar-refractivity contribution is -0.385. The summed E-state index contributed by atoms with van der Waals surface area (Å²) in [6.45, 7) is 4.02. The highest BCUT2D eigenvalue weighted by Crippen LogP contribution is 2.27. The first-order valence-electron chi connectivity index (χ1n) is 6.51.